The Morgan fingerprint density at radius 3 is 2.15 bits per heavy atom. The molecule has 1 atom stereocenters. The number of piperazine rings is 1. The van der Waals surface area contributed by atoms with Crippen LogP contribution in [0.5, 0.6) is 5.75 Å². The Kier molecular flexibility index (Phi) is 12.2. The Balaban J connectivity index is 1.46. The van der Waals surface area contributed by atoms with E-state index in [0.29, 0.717) is 25.4 Å². The van der Waals surface area contributed by atoms with Crippen LogP contribution in [-0.2, 0) is 22.1 Å². The number of ether oxygens (including phenoxy) is 2. The van der Waals surface area contributed by atoms with Crippen LogP contribution in [0.15, 0.2) is 95.6 Å². The lowest BCUT2D eigenvalue weighted by molar-refractivity contribution is 0.116. The molecule has 3 aromatic carbocycles. The van der Waals surface area contributed by atoms with Crippen LogP contribution in [0.25, 0.3) is 22.2 Å². The molecule has 1 N–H and O–H groups in total. The van der Waals surface area contributed by atoms with E-state index in [4.69, 9.17) is 18.9 Å². The third-order valence-electron chi connectivity index (χ3n) is 10.7. The number of methoxy groups -OCH3 is 1. The molecule has 0 radical (unpaired) electrons. The summed E-state index contributed by atoms with van der Waals surface area (Å²) in [6, 6.07) is 30.1. The van der Waals surface area contributed by atoms with Crippen LogP contribution in [0.4, 0.5) is 4.79 Å². The second-order valence-electron chi connectivity index (χ2n) is 16.1. The predicted octanol–water partition coefficient (Wildman–Crippen LogP) is 8.74. The summed E-state index contributed by atoms with van der Waals surface area (Å²) in [4.78, 5) is 19.9. The molecular weight excluding hydrogens is 756 g/mol. The highest BCUT2D eigenvalue weighted by Crippen LogP contribution is 2.43. The molecule has 54 heavy (non-hydrogen) atoms. The molecule has 1 amide bonds. The maximum atomic E-state index is 13.3. The van der Waals surface area contributed by atoms with Gasteiger partial charge in [0.1, 0.15) is 0 Å². The quantitative estimate of drug-likeness (QED) is 0.127. The number of carbonyl (C=O) groups excluding carboxylic acids is 1. The first kappa shape index (κ1) is 39.9. The highest BCUT2D eigenvalue weighted by molar-refractivity contribution is 9.10. The van der Waals surface area contributed by atoms with Gasteiger partial charge in [-0.1, -0.05) is 111 Å². The Bertz CT molecular complexity index is 2020. The molecule has 6 rings (SSSR count). The van der Waals surface area contributed by atoms with E-state index in [9.17, 15) is 4.79 Å². The zero-order chi connectivity index (χ0) is 38.7. The van der Waals surface area contributed by atoms with E-state index in [0.717, 1.165) is 53.0 Å². The Morgan fingerprint density at radius 1 is 0.944 bits per heavy atom. The van der Waals surface area contributed by atoms with Gasteiger partial charge in [0.2, 0.25) is 0 Å². The second-order valence-corrected chi connectivity index (χ2v) is 21.3. The highest BCUT2D eigenvalue weighted by atomic mass is 79.9. The first-order valence-corrected chi connectivity index (χ1v) is 21.8. The van der Waals surface area contributed by atoms with Crippen molar-refractivity contribution < 1.29 is 18.7 Å². The van der Waals surface area contributed by atoms with E-state index in [-0.39, 0.29) is 22.7 Å². The molecule has 0 spiro atoms. The molecule has 1 aliphatic heterocycles. The van der Waals surface area contributed by atoms with E-state index in [1.807, 2.05) is 13.0 Å². The SMILES string of the molecule is CCn1c(-c2cc(OC(=O)N3CCNCC3)cnc2C(C)OC)c(CC(C)(C)CO[Si](c2ccccc2)(c2ccccc2)C(C)(C)C)c2cc(Br)ccc21. The van der Waals surface area contributed by atoms with Crippen LogP contribution in [0.1, 0.15) is 65.8 Å². The summed E-state index contributed by atoms with van der Waals surface area (Å²) < 4.78 is 22.8. The molecule has 1 saturated heterocycles. The highest BCUT2D eigenvalue weighted by Gasteiger charge is 2.51. The number of amides is 1. The van der Waals surface area contributed by atoms with Gasteiger partial charge in [-0.15, -0.1) is 0 Å². The number of carbonyl (C=O) groups is 1. The van der Waals surface area contributed by atoms with Gasteiger partial charge in [0.05, 0.1) is 23.7 Å². The molecule has 8 nitrogen and oxygen atoms in total. The lowest BCUT2D eigenvalue weighted by atomic mass is 9.84. The lowest BCUT2D eigenvalue weighted by Crippen LogP contribution is -2.67. The maximum Gasteiger partial charge on any atom is 0.415 e. The summed E-state index contributed by atoms with van der Waals surface area (Å²) >= 11 is 3.79. The van der Waals surface area contributed by atoms with Crippen molar-refractivity contribution in [2.45, 2.75) is 72.6 Å². The van der Waals surface area contributed by atoms with Crippen molar-refractivity contribution in [3.63, 3.8) is 0 Å². The van der Waals surface area contributed by atoms with Gasteiger partial charge in [-0.05, 0) is 70.9 Å². The third kappa shape index (κ3) is 8.09. The Morgan fingerprint density at radius 2 is 1.57 bits per heavy atom. The van der Waals surface area contributed by atoms with Crippen molar-refractivity contribution >= 4 is 51.6 Å². The minimum atomic E-state index is -2.78. The normalized spacial score (nSPS) is 14.7. The summed E-state index contributed by atoms with van der Waals surface area (Å²) in [6.07, 6.45) is 1.71. The van der Waals surface area contributed by atoms with Crippen LogP contribution < -0.4 is 20.4 Å². The smallest absolute Gasteiger partial charge is 0.409 e. The number of benzene rings is 3. The zero-order valence-electron chi connectivity index (χ0n) is 33.0. The van der Waals surface area contributed by atoms with Gasteiger partial charge in [-0.2, -0.15) is 0 Å². The summed E-state index contributed by atoms with van der Waals surface area (Å²) in [5.41, 5.74) is 4.77. The first-order chi connectivity index (χ1) is 25.8. The number of pyridine rings is 1. The van der Waals surface area contributed by atoms with Crippen molar-refractivity contribution in [1.82, 2.24) is 19.8 Å². The fourth-order valence-corrected chi connectivity index (χ4v) is 13.1. The number of hydrogen-bond donors (Lipinski definition) is 1. The number of nitrogens with one attached hydrogen (secondary N) is 1. The predicted molar refractivity (Wildman–Crippen MR) is 225 cm³/mol. The minimum absolute atomic E-state index is 0.139. The maximum absolute atomic E-state index is 13.3. The van der Waals surface area contributed by atoms with Gasteiger partial charge in [0, 0.05) is 67.4 Å². The number of rotatable bonds is 12. The van der Waals surface area contributed by atoms with Gasteiger partial charge in [0.25, 0.3) is 8.32 Å². The molecule has 0 saturated carbocycles. The number of nitrogens with zero attached hydrogens (tertiary/aromatic N) is 3. The van der Waals surface area contributed by atoms with Gasteiger partial charge < -0.3 is 28.7 Å². The molecule has 2 aromatic heterocycles. The third-order valence-corrected chi connectivity index (χ3v) is 16.1. The van der Waals surface area contributed by atoms with E-state index in [1.165, 1.54) is 21.3 Å². The Labute approximate surface area is 330 Å². The van der Waals surface area contributed by atoms with Crippen molar-refractivity contribution in [3.05, 3.63) is 107 Å². The second kappa shape index (κ2) is 16.5. The van der Waals surface area contributed by atoms with E-state index in [1.54, 1.807) is 18.2 Å². The van der Waals surface area contributed by atoms with E-state index < -0.39 is 8.32 Å². The molecule has 1 fully saturated rings. The first-order valence-electron chi connectivity index (χ1n) is 19.1. The summed E-state index contributed by atoms with van der Waals surface area (Å²) in [7, 11) is -1.08. The lowest BCUT2D eigenvalue weighted by Gasteiger charge is -2.44. The average molecular weight is 812 g/mol. The summed E-state index contributed by atoms with van der Waals surface area (Å²) in [5, 5.41) is 6.86. The number of aryl methyl sites for hydroxylation is 1. The van der Waals surface area contributed by atoms with Gasteiger partial charge in [-0.3, -0.25) is 4.98 Å². The fourth-order valence-electron chi connectivity index (χ4n) is 7.96. The van der Waals surface area contributed by atoms with E-state index >= 15 is 0 Å². The summed E-state index contributed by atoms with van der Waals surface area (Å²) in [5.74, 6) is 0.412. The largest absolute Gasteiger partial charge is 0.415 e. The molecule has 5 aromatic rings. The average Bonchev–Trinajstić information content (AvgIpc) is 3.46. The van der Waals surface area contributed by atoms with Gasteiger partial charge in [-0.25, -0.2) is 4.79 Å². The van der Waals surface area contributed by atoms with Gasteiger partial charge >= 0.3 is 6.09 Å². The van der Waals surface area contributed by atoms with Crippen LogP contribution >= 0.6 is 15.9 Å². The van der Waals surface area contributed by atoms with Crippen LogP contribution in [0.3, 0.4) is 0 Å². The molecule has 1 aliphatic rings. The number of hydrogen-bond acceptors (Lipinski definition) is 6. The fraction of sp³-hybridized carbons (Fsp3) is 0.409. The molecule has 10 heteroatoms. The van der Waals surface area contributed by atoms with Crippen LogP contribution in [0, 0.1) is 5.41 Å². The van der Waals surface area contributed by atoms with E-state index in [2.05, 4.69) is 146 Å². The monoisotopic (exact) mass is 810 g/mol. The molecular formula is C44H55BrN4O4Si. The number of aromatic nitrogens is 2. The minimum Gasteiger partial charge on any atom is -0.409 e. The van der Waals surface area contributed by atoms with Gasteiger partial charge in [0.15, 0.2) is 5.75 Å². The topological polar surface area (TPSA) is 77.9 Å². The molecule has 0 aliphatic carbocycles. The van der Waals surface area contributed by atoms with Crippen molar-refractivity contribution in [2.75, 3.05) is 39.9 Å². The molecule has 0 bridgehead atoms. The standard InChI is InChI=1S/C44H55BrN4O4Si/c1-9-49-39-21-20-32(45)26-36(39)38(41(49)37-27-33(29-47-40(37)31(2)51-8)53-42(50)48-24-22-46-23-25-48)28-44(6,7)30-52-54(43(3,4)5,34-16-12-10-13-17-34)35-18-14-11-15-19-35/h10-21,26-27,29,31,46H,9,22-25,28,30H2,1-8H3. The molecule has 1 unspecified atom stereocenters. The number of halogens is 1. The van der Waals surface area contributed by atoms with Crippen molar-refractivity contribution in [1.29, 1.82) is 0 Å². The number of fused-ring (bicyclic) bond motifs is 1. The Hall–Kier alpha value is -3.80. The van der Waals surface area contributed by atoms with Crippen LogP contribution in [-0.4, -0.2) is 68.8 Å². The van der Waals surface area contributed by atoms with Crippen molar-refractivity contribution in [2.24, 2.45) is 5.41 Å². The molecule has 286 valence electrons. The molecule has 3 heterocycles. The summed E-state index contributed by atoms with van der Waals surface area (Å²) in [6.45, 7) is 19.8. The zero-order valence-corrected chi connectivity index (χ0v) is 35.6. The van der Waals surface area contributed by atoms with Crippen molar-refractivity contribution in [3.8, 4) is 17.0 Å². The van der Waals surface area contributed by atoms with Crippen LogP contribution in [0.2, 0.25) is 5.04 Å².